The number of imidazole rings is 1. The Balaban J connectivity index is 1.75. The van der Waals surface area contributed by atoms with Crippen molar-refractivity contribution < 1.29 is 23.3 Å². The number of hydrogen-bond donors (Lipinski definition) is 0. The average Bonchev–Trinajstić information content (AvgIpc) is 3.36. The molecule has 9 heteroatoms. The lowest BCUT2D eigenvalue weighted by Crippen LogP contribution is -2.17. The van der Waals surface area contributed by atoms with Gasteiger partial charge in [0, 0.05) is 13.0 Å². The number of halogens is 1. The fourth-order valence-electron chi connectivity index (χ4n) is 3.68. The first-order valence-corrected chi connectivity index (χ1v) is 9.41. The van der Waals surface area contributed by atoms with E-state index in [-0.39, 0.29) is 6.10 Å². The molecular formula is C20H23FN4O4. The van der Waals surface area contributed by atoms with E-state index in [1.807, 2.05) is 16.7 Å². The zero-order valence-corrected chi connectivity index (χ0v) is 16.6. The molecule has 0 bridgehead atoms. The fourth-order valence-corrected chi connectivity index (χ4v) is 3.68. The highest BCUT2D eigenvalue weighted by Crippen LogP contribution is 2.38. The fraction of sp³-hybridized carbons (Fsp3) is 0.450. The topological polar surface area (TPSA) is 80.5 Å². The van der Waals surface area contributed by atoms with Gasteiger partial charge in [-0.3, -0.25) is 0 Å². The Bertz CT molecular complexity index is 992. The number of ether oxygens (including phenoxy) is 4. The molecule has 1 saturated heterocycles. The maximum atomic E-state index is 13.7. The maximum absolute atomic E-state index is 13.7. The van der Waals surface area contributed by atoms with Crippen LogP contribution < -0.4 is 14.2 Å². The molecule has 1 aromatic carbocycles. The molecule has 3 aromatic rings. The Morgan fingerprint density at radius 2 is 1.90 bits per heavy atom. The third kappa shape index (κ3) is 3.82. The van der Waals surface area contributed by atoms with Crippen molar-refractivity contribution in [1.29, 1.82) is 0 Å². The first kappa shape index (κ1) is 19.4. The molecule has 2 aromatic heterocycles. The van der Waals surface area contributed by atoms with Gasteiger partial charge in [-0.25, -0.2) is 9.97 Å². The van der Waals surface area contributed by atoms with Crippen molar-refractivity contribution in [2.45, 2.75) is 31.9 Å². The van der Waals surface area contributed by atoms with Crippen molar-refractivity contribution in [3.63, 3.8) is 0 Å². The predicted molar refractivity (Wildman–Crippen MR) is 103 cm³/mol. The molecule has 29 heavy (non-hydrogen) atoms. The van der Waals surface area contributed by atoms with Crippen molar-refractivity contribution in [3.8, 4) is 17.2 Å². The zero-order chi connectivity index (χ0) is 20.4. The average molecular weight is 402 g/mol. The van der Waals surface area contributed by atoms with E-state index < -0.39 is 6.08 Å². The zero-order valence-electron chi connectivity index (χ0n) is 16.6. The van der Waals surface area contributed by atoms with Gasteiger partial charge < -0.3 is 23.5 Å². The van der Waals surface area contributed by atoms with Crippen LogP contribution in [0.1, 0.15) is 24.2 Å². The Kier molecular flexibility index (Phi) is 5.48. The summed E-state index contributed by atoms with van der Waals surface area (Å²) in [6, 6.07) is 3.76. The summed E-state index contributed by atoms with van der Waals surface area (Å²) in [7, 11) is 4.71. The van der Waals surface area contributed by atoms with Gasteiger partial charge >= 0.3 is 6.08 Å². The van der Waals surface area contributed by atoms with Crippen LogP contribution in [0.15, 0.2) is 18.3 Å². The van der Waals surface area contributed by atoms with Gasteiger partial charge in [-0.2, -0.15) is 9.37 Å². The number of fused-ring (bicyclic) bond motifs is 1. The van der Waals surface area contributed by atoms with Gasteiger partial charge in [0.05, 0.1) is 40.2 Å². The van der Waals surface area contributed by atoms with Crippen LogP contribution in [0, 0.1) is 6.08 Å². The second kappa shape index (κ2) is 8.20. The lowest BCUT2D eigenvalue weighted by Gasteiger charge is -2.16. The van der Waals surface area contributed by atoms with Crippen molar-refractivity contribution in [2.24, 2.45) is 0 Å². The largest absolute Gasteiger partial charge is 0.493 e. The third-order valence-corrected chi connectivity index (χ3v) is 5.03. The summed E-state index contributed by atoms with van der Waals surface area (Å²) in [6.07, 6.45) is 3.14. The van der Waals surface area contributed by atoms with Crippen molar-refractivity contribution in [3.05, 3.63) is 35.8 Å². The molecule has 154 valence electrons. The molecule has 0 amide bonds. The minimum Gasteiger partial charge on any atom is -0.493 e. The lowest BCUT2D eigenvalue weighted by atomic mass is 10.1. The number of aromatic nitrogens is 4. The van der Waals surface area contributed by atoms with Crippen LogP contribution in [0.5, 0.6) is 17.2 Å². The van der Waals surface area contributed by atoms with E-state index in [0.717, 1.165) is 30.8 Å². The highest BCUT2D eigenvalue weighted by atomic mass is 19.1. The van der Waals surface area contributed by atoms with Crippen LogP contribution in [0.3, 0.4) is 0 Å². The molecule has 0 spiro atoms. The molecule has 0 N–H and O–H groups in total. The first-order valence-electron chi connectivity index (χ1n) is 9.41. The molecular weight excluding hydrogens is 379 g/mol. The quantitative estimate of drug-likeness (QED) is 0.562. The van der Waals surface area contributed by atoms with Crippen molar-refractivity contribution in [2.75, 3.05) is 27.9 Å². The lowest BCUT2D eigenvalue weighted by molar-refractivity contribution is 0.0971. The van der Waals surface area contributed by atoms with Gasteiger partial charge in [0.1, 0.15) is 11.3 Å². The molecule has 1 unspecified atom stereocenters. The van der Waals surface area contributed by atoms with Gasteiger partial charge in [-0.15, -0.1) is 0 Å². The molecule has 4 rings (SSSR count). The van der Waals surface area contributed by atoms with Crippen LogP contribution in [-0.2, 0) is 17.7 Å². The normalized spacial score (nSPS) is 16.3. The monoisotopic (exact) mass is 402 g/mol. The van der Waals surface area contributed by atoms with Gasteiger partial charge in [0.2, 0.25) is 5.75 Å². The summed E-state index contributed by atoms with van der Waals surface area (Å²) < 4.78 is 37.7. The number of nitrogens with zero attached hydrogens (tertiary/aromatic N) is 4. The van der Waals surface area contributed by atoms with Crippen molar-refractivity contribution >= 4 is 11.2 Å². The Hall–Kier alpha value is -2.94. The first-order chi connectivity index (χ1) is 14.1. The number of methoxy groups -OCH3 is 3. The summed E-state index contributed by atoms with van der Waals surface area (Å²) in [5.74, 6) is 2.40. The van der Waals surface area contributed by atoms with Crippen LogP contribution in [0.2, 0.25) is 0 Å². The van der Waals surface area contributed by atoms with Crippen LogP contribution in [0.25, 0.3) is 11.2 Å². The molecule has 1 atom stereocenters. The van der Waals surface area contributed by atoms with E-state index in [1.165, 1.54) is 6.20 Å². The Morgan fingerprint density at radius 1 is 1.14 bits per heavy atom. The molecule has 1 fully saturated rings. The Labute approximate surface area is 167 Å². The summed E-state index contributed by atoms with van der Waals surface area (Å²) >= 11 is 0. The van der Waals surface area contributed by atoms with E-state index in [4.69, 9.17) is 18.9 Å². The molecule has 0 saturated carbocycles. The molecule has 3 heterocycles. The number of rotatable bonds is 7. The minimum atomic E-state index is -0.773. The van der Waals surface area contributed by atoms with E-state index in [0.29, 0.717) is 41.4 Å². The second-order valence-electron chi connectivity index (χ2n) is 6.83. The SMILES string of the molecule is COc1cc(Cc2nc3cnc(F)nc3n2CC2CCCO2)cc(OC)c1OC. The maximum Gasteiger partial charge on any atom is 0.310 e. The van der Waals surface area contributed by atoms with E-state index in [2.05, 4.69) is 15.0 Å². The van der Waals surface area contributed by atoms with E-state index in [9.17, 15) is 4.39 Å². The van der Waals surface area contributed by atoms with E-state index >= 15 is 0 Å². The van der Waals surface area contributed by atoms with Gasteiger partial charge in [-0.05, 0) is 30.5 Å². The van der Waals surface area contributed by atoms with Crippen LogP contribution in [-0.4, -0.2) is 53.6 Å². The highest BCUT2D eigenvalue weighted by Gasteiger charge is 2.22. The standard InChI is InChI=1S/C20H23FN4O4/c1-26-15-7-12(8-16(27-2)18(15)28-3)9-17-23-14-10-22-20(21)24-19(14)25(17)11-13-5-4-6-29-13/h7-8,10,13H,4-6,9,11H2,1-3H3. The third-order valence-electron chi connectivity index (χ3n) is 5.03. The van der Waals surface area contributed by atoms with E-state index in [1.54, 1.807) is 21.3 Å². The summed E-state index contributed by atoms with van der Waals surface area (Å²) in [5, 5.41) is 0. The predicted octanol–water partition coefficient (Wildman–Crippen LogP) is 2.76. The number of hydrogen-bond acceptors (Lipinski definition) is 7. The molecule has 8 nitrogen and oxygen atoms in total. The minimum absolute atomic E-state index is 0.0594. The summed E-state index contributed by atoms with van der Waals surface area (Å²) in [4.78, 5) is 12.3. The smallest absolute Gasteiger partial charge is 0.310 e. The molecule has 1 aliphatic heterocycles. The van der Waals surface area contributed by atoms with Gasteiger partial charge in [-0.1, -0.05) is 0 Å². The second-order valence-corrected chi connectivity index (χ2v) is 6.83. The molecule has 0 aliphatic carbocycles. The number of benzene rings is 1. The highest BCUT2D eigenvalue weighted by molar-refractivity contribution is 5.70. The van der Waals surface area contributed by atoms with Crippen molar-refractivity contribution in [1.82, 2.24) is 19.5 Å². The van der Waals surface area contributed by atoms with Gasteiger partial charge in [0.15, 0.2) is 17.1 Å². The van der Waals surface area contributed by atoms with Crippen LogP contribution in [0.4, 0.5) is 4.39 Å². The molecule has 0 radical (unpaired) electrons. The van der Waals surface area contributed by atoms with Gasteiger partial charge in [0.25, 0.3) is 0 Å². The summed E-state index contributed by atoms with van der Waals surface area (Å²) in [5.41, 5.74) is 1.93. The Morgan fingerprint density at radius 3 is 2.52 bits per heavy atom. The summed E-state index contributed by atoms with van der Waals surface area (Å²) in [6.45, 7) is 1.30. The van der Waals surface area contributed by atoms with Crippen LogP contribution >= 0.6 is 0 Å². The molecule has 1 aliphatic rings.